The van der Waals surface area contributed by atoms with Crippen LogP contribution in [-0.4, -0.2) is 24.1 Å². The van der Waals surface area contributed by atoms with Crippen LogP contribution < -0.4 is 10.6 Å². The Bertz CT molecular complexity index is 310. The summed E-state index contributed by atoms with van der Waals surface area (Å²) in [4.78, 5) is 4.10. The van der Waals surface area contributed by atoms with Gasteiger partial charge < -0.3 is 10.6 Å². The molecule has 0 saturated carbocycles. The van der Waals surface area contributed by atoms with Gasteiger partial charge in [0.1, 0.15) is 0 Å². The highest BCUT2D eigenvalue weighted by Gasteiger charge is 2.17. The Balaban J connectivity index is 2.14. The fourth-order valence-electron chi connectivity index (χ4n) is 1.27. The first kappa shape index (κ1) is 8.78. The molecule has 0 aliphatic carbocycles. The van der Waals surface area contributed by atoms with Crippen molar-refractivity contribution in [3.63, 3.8) is 0 Å². The van der Waals surface area contributed by atoms with E-state index in [-0.39, 0.29) is 0 Å². The lowest BCUT2D eigenvalue weighted by molar-refractivity contribution is 0.472. The Hall–Kier alpha value is -0.800. The summed E-state index contributed by atoms with van der Waals surface area (Å²) in [6.45, 7) is 3.93. The fourth-order valence-corrected chi connectivity index (χ4v) is 1.44. The molecule has 2 N–H and O–H groups in total. The number of halogens is 1. The zero-order valence-electron chi connectivity index (χ0n) is 7.47. The Labute approximate surface area is 82.5 Å². The summed E-state index contributed by atoms with van der Waals surface area (Å²) in [6, 6.07) is 2.42. The van der Waals surface area contributed by atoms with Crippen LogP contribution in [0.4, 0.5) is 5.69 Å². The molecule has 1 aromatic rings. The Morgan fingerprint density at radius 2 is 2.38 bits per heavy atom. The van der Waals surface area contributed by atoms with Crippen LogP contribution in [0, 0.1) is 6.92 Å². The molecule has 0 spiro atoms. The number of aryl methyl sites for hydroxylation is 1. The second-order valence-electron chi connectivity index (χ2n) is 3.26. The molecule has 1 fully saturated rings. The van der Waals surface area contributed by atoms with Crippen LogP contribution >= 0.6 is 11.6 Å². The van der Waals surface area contributed by atoms with Crippen LogP contribution in [0.1, 0.15) is 5.69 Å². The molecule has 0 atom stereocenters. The number of anilines is 1. The van der Waals surface area contributed by atoms with Gasteiger partial charge in [-0.3, -0.25) is 4.98 Å². The molecule has 4 heteroatoms. The van der Waals surface area contributed by atoms with Crippen molar-refractivity contribution < 1.29 is 0 Å². The smallest absolute Gasteiger partial charge is 0.0849 e. The van der Waals surface area contributed by atoms with Crippen LogP contribution in [-0.2, 0) is 0 Å². The van der Waals surface area contributed by atoms with Gasteiger partial charge in [-0.1, -0.05) is 11.6 Å². The molecule has 1 aliphatic heterocycles. The van der Waals surface area contributed by atoms with Gasteiger partial charge in [0.25, 0.3) is 0 Å². The topological polar surface area (TPSA) is 37.0 Å². The first-order valence-electron chi connectivity index (χ1n) is 4.36. The van der Waals surface area contributed by atoms with Crippen molar-refractivity contribution in [2.75, 3.05) is 18.4 Å². The van der Waals surface area contributed by atoms with Crippen LogP contribution in [0.25, 0.3) is 0 Å². The predicted octanol–water partition coefficient (Wildman–Crippen LogP) is 1.43. The third-order valence-corrected chi connectivity index (χ3v) is 2.68. The van der Waals surface area contributed by atoms with E-state index < -0.39 is 0 Å². The third kappa shape index (κ3) is 1.76. The lowest BCUT2D eigenvalue weighted by Crippen LogP contribution is -2.51. The highest BCUT2D eigenvalue weighted by Crippen LogP contribution is 2.24. The van der Waals surface area contributed by atoms with Crippen LogP contribution in [0.15, 0.2) is 12.3 Å². The maximum absolute atomic E-state index is 6.07. The Morgan fingerprint density at radius 3 is 3.00 bits per heavy atom. The molecule has 3 nitrogen and oxygen atoms in total. The largest absolute Gasteiger partial charge is 0.378 e. The van der Waals surface area contributed by atoms with Gasteiger partial charge in [0.15, 0.2) is 0 Å². The summed E-state index contributed by atoms with van der Waals surface area (Å²) < 4.78 is 0. The summed E-state index contributed by atoms with van der Waals surface area (Å²) in [7, 11) is 0. The molecule has 13 heavy (non-hydrogen) atoms. The molecular formula is C9H12ClN3. The zero-order chi connectivity index (χ0) is 9.26. The number of nitrogens with one attached hydrogen (secondary N) is 2. The van der Waals surface area contributed by atoms with Gasteiger partial charge in [0, 0.05) is 19.3 Å². The van der Waals surface area contributed by atoms with Crippen molar-refractivity contribution in [3.8, 4) is 0 Å². The van der Waals surface area contributed by atoms with E-state index in [2.05, 4.69) is 15.6 Å². The van der Waals surface area contributed by atoms with Crippen molar-refractivity contribution in [1.82, 2.24) is 10.3 Å². The van der Waals surface area contributed by atoms with E-state index in [0.717, 1.165) is 29.5 Å². The average molecular weight is 198 g/mol. The lowest BCUT2D eigenvalue weighted by atomic mass is 10.1. The molecule has 0 bridgehead atoms. The predicted molar refractivity (Wildman–Crippen MR) is 54.3 cm³/mol. The minimum absolute atomic E-state index is 0.513. The summed E-state index contributed by atoms with van der Waals surface area (Å²) in [5, 5.41) is 7.28. The first-order valence-corrected chi connectivity index (χ1v) is 4.73. The van der Waals surface area contributed by atoms with Crippen molar-refractivity contribution in [2.45, 2.75) is 13.0 Å². The van der Waals surface area contributed by atoms with Crippen molar-refractivity contribution in [1.29, 1.82) is 0 Å². The molecular weight excluding hydrogens is 186 g/mol. The molecule has 1 aliphatic rings. The van der Waals surface area contributed by atoms with Crippen LogP contribution in [0.2, 0.25) is 5.02 Å². The highest BCUT2D eigenvalue weighted by molar-refractivity contribution is 6.33. The number of aromatic nitrogens is 1. The third-order valence-electron chi connectivity index (χ3n) is 2.20. The summed E-state index contributed by atoms with van der Waals surface area (Å²) in [5.41, 5.74) is 1.86. The van der Waals surface area contributed by atoms with Crippen molar-refractivity contribution >= 4 is 17.3 Å². The van der Waals surface area contributed by atoms with Gasteiger partial charge in [0.05, 0.1) is 22.4 Å². The highest BCUT2D eigenvalue weighted by atomic mass is 35.5. The van der Waals surface area contributed by atoms with Crippen molar-refractivity contribution in [2.24, 2.45) is 0 Å². The zero-order valence-corrected chi connectivity index (χ0v) is 8.23. The molecule has 1 saturated heterocycles. The summed E-state index contributed by atoms with van der Waals surface area (Å²) in [6.07, 6.45) is 1.77. The van der Waals surface area contributed by atoms with Gasteiger partial charge in [-0.25, -0.2) is 0 Å². The lowest BCUT2D eigenvalue weighted by Gasteiger charge is -2.29. The van der Waals surface area contributed by atoms with Gasteiger partial charge in [-0.05, 0) is 13.0 Å². The van der Waals surface area contributed by atoms with Crippen LogP contribution in [0.3, 0.4) is 0 Å². The van der Waals surface area contributed by atoms with E-state index in [1.54, 1.807) is 6.20 Å². The van der Waals surface area contributed by atoms with E-state index in [9.17, 15) is 0 Å². The van der Waals surface area contributed by atoms with E-state index in [1.165, 1.54) is 0 Å². The van der Waals surface area contributed by atoms with E-state index in [4.69, 9.17) is 11.6 Å². The van der Waals surface area contributed by atoms with Gasteiger partial charge in [-0.2, -0.15) is 0 Å². The monoisotopic (exact) mass is 197 g/mol. The van der Waals surface area contributed by atoms with Crippen molar-refractivity contribution in [3.05, 3.63) is 23.0 Å². The minimum Gasteiger partial charge on any atom is -0.378 e. The Morgan fingerprint density at radius 1 is 1.62 bits per heavy atom. The first-order chi connectivity index (χ1) is 6.27. The number of hydrogen-bond donors (Lipinski definition) is 2. The Kier molecular flexibility index (Phi) is 2.38. The molecule has 0 aromatic carbocycles. The molecule has 1 aromatic heterocycles. The molecule has 0 amide bonds. The molecule has 2 heterocycles. The molecule has 0 radical (unpaired) electrons. The molecule has 0 unspecified atom stereocenters. The summed E-state index contributed by atoms with van der Waals surface area (Å²) in [5.74, 6) is 0. The van der Waals surface area contributed by atoms with Gasteiger partial charge >= 0.3 is 0 Å². The van der Waals surface area contributed by atoms with E-state index in [0.29, 0.717) is 6.04 Å². The fraction of sp³-hybridized carbons (Fsp3) is 0.444. The SMILES string of the molecule is Cc1nccc(NC2CNC2)c1Cl. The van der Waals surface area contributed by atoms with E-state index >= 15 is 0 Å². The van der Waals surface area contributed by atoms with Crippen LogP contribution in [0.5, 0.6) is 0 Å². The minimum atomic E-state index is 0.513. The number of pyridine rings is 1. The number of hydrogen-bond acceptors (Lipinski definition) is 3. The number of rotatable bonds is 2. The molecule has 70 valence electrons. The average Bonchev–Trinajstić information content (AvgIpc) is 2.04. The summed E-state index contributed by atoms with van der Waals surface area (Å²) >= 11 is 6.07. The maximum Gasteiger partial charge on any atom is 0.0849 e. The quantitative estimate of drug-likeness (QED) is 0.753. The number of nitrogens with zero attached hydrogens (tertiary/aromatic N) is 1. The van der Waals surface area contributed by atoms with Gasteiger partial charge in [0.2, 0.25) is 0 Å². The standard InChI is InChI=1S/C9H12ClN3/c1-6-9(10)8(2-3-12-6)13-7-4-11-5-7/h2-3,7,11H,4-5H2,1H3,(H,12,13). The maximum atomic E-state index is 6.07. The second kappa shape index (κ2) is 3.52. The normalized spacial score (nSPS) is 16.8. The van der Waals surface area contributed by atoms with Gasteiger partial charge in [-0.15, -0.1) is 0 Å². The second-order valence-corrected chi connectivity index (χ2v) is 3.64. The molecule has 2 rings (SSSR count). The van der Waals surface area contributed by atoms with E-state index in [1.807, 2.05) is 13.0 Å².